The maximum absolute atomic E-state index is 12.2. The summed E-state index contributed by atoms with van der Waals surface area (Å²) >= 11 is 0. The summed E-state index contributed by atoms with van der Waals surface area (Å²) < 4.78 is 0. The Balaban J connectivity index is 1.54. The third kappa shape index (κ3) is 5.01. The van der Waals surface area contributed by atoms with E-state index < -0.39 is 6.04 Å². The number of imide groups is 1. The predicted octanol–water partition coefficient (Wildman–Crippen LogP) is -0.253. The van der Waals surface area contributed by atoms with Crippen LogP contribution in [0.1, 0.15) is 12.8 Å². The van der Waals surface area contributed by atoms with E-state index in [1.165, 1.54) is 0 Å². The number of piperazine rings is 1. The lowest BCUT2D eigenvalue weighted by Gasteiger charge is -2.26. The third-order valence-corrected chi connectivity index (χ3v) is 4.30. The van der Waals surface area contributed by atoms with Gasteiger partial charge in [0.2, 0.25) is 17.7 Å². The van der Waals surface area contributed by atoms with Crippen molar-refractivity contribution in [2.75, 3.05) is 43.4 Å². The second-order valence-corrected chi connectivity index (χ2v) is 6.30. The SMILES string of the molecule is O=C1CCC(Nc2cccc(NC(=O)CN3CCNCC3)c2)C(=O)N1. The van der Waals surface area contributed by atoms with E-state index in [4.69, 9.17) is 0 Å². The first-order valence-electron chi connectivity index (χ1n) is 8.53. The number of hydrogen-bond donors (Lipinski definition) is 4. The number of carbonyl (C=O) groups excluding carboxylic acids is 3. The van der Waals surface area contributed by atoms with Gasteiger partial charge in [0.1, 0.15) is 6.04 Å². The fourth-order valence-corrected chi connectivity index (χ4v) is 2.99. The summed E-state index contributed by atoms with van der Waals surface area (Å²) in [7, 11) is 0. The molecule has 0 aliphatic carbocycles. The van der Waals surface area contributed by atoms with Crippen molar-refractivity contribution in [2.24, 2.45) is 0 Å². The van der Waals surface area contributed by atoms with E-state index in [9.17, 15) is 14.4 Å². The number of hydrogen-bond acceptors (Lipinski definition) is 6. The standard InChI is InChI=1S/C17H23N5O3/c23-15-5-4-14(17(25)21-15)19-12-2-1-3-13(10-12)20-16(24)11-22-8-6-18-7-9-22/h1-3,10,14,18-19H,4-9,11H2,(H,20,24)(H,21,23,25). The highest BCUT2D eigenvalue weighted by Gasteiger charge is 2.26. The van der Waals surface area contributed by atoms with Gasteiger partial charge in [0.05, 0.1) is 6.54 Å². The first kappa shape index (κ1) is 17.4. The summed E-state index contributed by atoms with van der Waals surface area (Å²) in [5.41, 5.74) is 1.41. The fourth-order valence-electron chi connectivity index (χ4n) is 2.99. The maximum atomic E-state index is 12.2. The molecule has 8 heteroatoms. The molecule has 0 aromatic heterocycles. The highest BCUT2D eigenvalue weighted by molar-refractivity contribution is 6.01. The Bertz CT molecular complexity index is 657. The van der Waals surface area contributed by atoms with Gasteiger partial charge < -0.3 is 16.0 Å². The maximum Gasteiger partial charge on any atom is 0.249 e. The Hall–Kier alpha value is -2.45. The lowest BCUT2D eigenvalue weighted by molar-refractivity contribution is -0.133. The average Bonchev–Trinajstić information content (AvgIpc) is 2.58. The fraction of sp³-hybridized carbons (Fsp3) is 0.471. The van der Waals surface area contributed by atoms with Crippen molar-refractivity contribution in [1.29, 1.82) is 0 Å². The minimum Gasteiger partial charge on any atom is -0.374 e. The van der Waals surface area contributed by atoms with Crippen LogP contribution in [-0.2, 0) is 14.4 Å². The van der Waals surface area contributed by atoms with E-state index in [1.54, 1.807) is 6.07 Å². The molecule has 2 aliphatic heterocycles. The molecule has 1 aromatic carbocycles. The summed E-state index contributed by atoms with van der Waals surface area (Å²) in [4.78, 5) is 37.3. The molecule has 2 saturated heterocycles. The van der Waals surface area contributed by atoms with Gasteiger partial charge in [-0.25, -0.2) is 0 Å². The summed E-state index contributed by atoms with van der Waals surface area (Å²) in [6, 6.07) is 6.80. The van der Waals surface area contributed by atoms with Crippen molar-refractivity contribution >= 4 is 29.1 Å². The first-order chi connectivity index (χ1) is 12.1. The molecule has 1 aromatic rings. The number of carbonyl (C=O) groups is 3. The molecule has 8 nitrogen and oxygen atoms in total. The molecule has 0 saturated carbocycles. The zero-order valence-corrected chi connectivity index (χ0v) is 14.0. The zero-order valence-electron chi connectivity index (χ0n) is 14.0. The van der Waals surface area contributed by atoms with Crippen LogP contribution in [0.3, 0.4) is 0 Å². The molecule has 134 valence electrons. The molecule has 0 radical (unpaired) electrons. The number of nitrogens with one attached hydrogen (secondary N) is 4. The number of rotatable bonds is 5. The van der Waals surface area contributed by atoms with E-state index in [1.807, 2.05) is 18.2 Å². The summed E-state index contributed by atoms with van der Waals surface area (Å²) in [5.74, 6) is -0.610. The average molecular weight is 345 g/mol. The molecule has 4 N–H and O–H groups in total. The van der Waals surface area contributed by atoms with Gasteiger partial charge in [-0.1, -0.05) is 6.07 Å². The smallest absolute Gasteiger partial charge is 0.249 e. The van der Waals surface area contributed by atoms with E-state index >= 15 is 0 Å². The van der Waals surface area contributed by atoms with Gasteiger partial charge in [-0.05, 0) is 24.6 Å². The summed E-state index contributed by atoms with van der Waals surface area (Å²) in [5, 5.41) is 11.6. The normalized spacial score (nSPS) is 21.5. The third-order valence-electron chi connectivity index (χ3n) is 4.30. The molecule has 25 heavy (non-hydrogen) atoms. The summed E-state index contributed by atoms with van der Waals surface area (Å²) in [6.45, 7) is 3.90. The van der Waals surface area contributed by atoms with Crippen molar-refractivity contribution in [3.05, 3.63) is 24.3 Å². The van der Waals surface area contributed by atoms with Crippen molar-refractivity contribution in [3.63, 3.8) is 0 Å². The largest absolute Gasteiger partial charge is 0.374 e. The molecule has 3 rings (SSSR count). The lowest BCUT2D eigenvalue weighted by Crippen LogP contribution is -2.47. The number of nitrogens with zero attached hydrogens (tertiary/aromatic N) is 1. The Labute approximate surface area is 146 Å². The Morgan fingerprint density at radius 1 is 1.20 bits per heavy atom. The first-order valence-corrected chi connectivity index (χ1v) is 8.53. The van der Waals surface area contributed by atoms with Gasteiger partial charge in [0.25, 0.3) is 0 Å². The second kappa shape index (κ2) is 8.09. The topological polar surface area (TPSA) is 103 Å². The number of benzene rings is 1. The quantitative estimate of drug-likeness (QED) is 0.549. The van der Waals surface area contributed by atoms with Crippen LogP contribution in [-0.4, -0.2) is 61.4 Å². The molecular weight excluding hydrogens is 322 g/mol. The molecule has 2 aliphatic rings. The van der Waals surface area contributed by atoms with Gasteiger partial charge in [0, 0.05) is 44.0 Å². The molecule has 1 unspecified atom stereocenters. The second-order valence-electron chi connectivity index (χ2n) is 6.30. The highest BCUT2D eigenvalue weighted by Crippen LogP contribution is 2.18. The predicted molar refractivity (Wildman–Crippen MR) is 94.2 cm³/mol. The summed E-state index contributed by atoms with van der Waals surface area (Å²) in [6.07, 6.45) is 0.786. The van der Waals surface area contributed by atoms with E-state index in [0.29, 0.717) is 25.1 Å². The van der Waals surface area contributed by atoms with Crippen LogP contribution in [0, 0.1) is 0 Å². The molecular formula is C17H23N5O3. The van der Waals surface area contributed by atoms with Crippen LogP contribution < -0.4 is 21.3 Å². The van der Waals surface area contributed by atoms with Gasteiger partial charge in [-0.3, -0.25) is 24.6 Å². The minimum absolute atomic E-state index is 0.0555. The highest BCUT2D eigenvalue weighted by atomic mass is 16.2. The van der Waals surface area contributed by atoms with Crippen LogP contribution >= 0.6 is 0 Å². The van der Waals surface area contributed by atoms with Crippen LogP contribution in [0.2, 0.25) is 0 Å². The van der Waals surface area contributed by atoms with E-state index in [2.05, 4.69) is 26.2 Å². The Kier molecular flexibility index (Phi) is 5.62. The van der Waals surface area contributed by atoms with Crippen molar-refractivity contribution in [1.82, 2.24) is 15.5 Å². The minimum atomic E-state index is -0.440. The number of anilines is 2. The van der Waals surface area contributed by atoms with Gasteiger partial charge in [-0.15, -0.1) is 0 Å². The van der Waals surface area contributed by atoms with Crippen LogP contribution in [0.4, 0.5) is 11.4 Å². The van der Waals surface area contributed by atoms with E-state index in [0.717, 1.165) is 31.9 Å². The molecule has 0 spiro atoms. The monoisotopic (exact) mass is 345 g/mol. The van der Waals surface area contributed by atoms with Crippen LogP contribution in [0.15, 0.2) is 24.3 Å². The number of piperidine rings is 1. The van der Waals surface area contributed by atoms with Crippen molar-refractivity contribution in [3.8, 4) is 0 Å². The lowest BCUT2D eigenvalue weighted by atomic mass is 10.1. The molecule has 1 atom stereocenters. The molecule has 3 amide bonds. The van der Waals surface area contributed by atoms with Crippen LogP contribution in [0.5, 0.6) is 0 Å². The van der Waals surface area contributed by atoms with E-state index in [-0.39, 0.29) is 17.7 Å². The van der Waals surface area contributed by atoms with Gasteiger partial charge in [-0.2, -0.15) is 0 Å². The van der Waals surface area contributed by atoms with Gasteiger partial charge in [0.15, 0.2) is 0 Å². The van der Waals surface area contributed by atoms with Crippen LogP contribution in [0.25, 0.3) is 0 Å². The zero-order chi connectivity index (χ0) is 17.6. The molecule has 2 heterocycles. The molecule has 0 bridgehead atoms. The Morgan fingerprint density at radius 2 is 1.96 bits per heavy atom. The Morgan fingerprint density at radius 3 is 2.72 bits per heavy atom. The van der Waals surface area contributed by atoms with Gasteiger partial charge >= 0.3 is 0 Å². The van der Waals surface area contributed by atoms with Crippen molar-refractivity contribution in [2.45, 2.75) is 18.9 Å². The molecule has 2 fully saturated rings. The number of amides is 3. The van der Waals surface area contributed by atoms with Crippen molar-refractivity contribution < 1.29 is 14.4 Å².